The van der Waals surface area contributed by atoms with Crippen molar-refractivity contribution in [1.82, 2.24) is 10.2 Å². The number of nitro groups is 1. The highest BCUT2D eigenvalue weighted by molar-refractivity contribution is 7.99. The van der Waals surface area contributed by atoms with Crippen LogP contribution in [-0.2, 0) is 4.79 Å². The Balaban J connectivity index is 1.60. The van der Waals surface area contributed by atoms with E-state index in [-0.39, 0.29) is 28.5 Å². The number of nitrogens with zero attached hydrogens (tertiary/aromatic N) is 3. The first-order valence-corrected chi connectivity index (χ1v) is 9.17. The molecule has 0 aliphatic heterocycles. The lowest BCUT2D eigenvalue weighted by Gasteiger charge is -2.09. The van der Waals surface area contributed by atoms with E-state index in [1.807, 2.05) is 0 Å². The Morgan fingerprint density at radius 1 is 1.29 bits per heavy atom. The van der Waals surface area contributed by atoms with Gasteiger partial charge in [-0.05, 0) is 30.3 Å². The second kappa shape index (κ2) is 8.72. The molecule has 0 saturated heterocycles. The molecule has 0 radical (unpaired) electrons. The molecule has 1 amide bonds. The molecule has 11 heteroatoms. The number of nitro benzene ring substituents is 1. The van der Waals surface area contributed by atoms with Crippen LogP contribution >= 0.6 is 23.4 Å². The highest BCUT2D eigenvalue weighted by atomic mass is 35.5. The lowest BCUT2D eigenvalue weighted by molar-refractivity contribution is -0.384. The first-order valence-electron chi connectivity index (χ1n) is 7.81. The fraction of sp³-hybridized carbons (Fsp3) is 0.118. The number of carbonyl (C=O) groups excluding carboxylic acids is 1. The summed E-state index contributed by atoms with van der Waals surface area (Å²) < 4.78 is 10.7. The molecule has 0 aliphatic rings. The number of anilines is 1. The molecule has 3 aromatic rings. The van der Waals surface area contributed by atoms with Crippen LogP contribution in [0.2, 0.25) is 5.02 Å². The van der Waals surface area contributed by atoms with E-state index in [1.165, 1.54) is 31.4 Å². The Hall–Kier alpha value is -3.11. The Kier molecular flexibility index (Phi) is 6.12. The van der Waals surface area contributed by atoms with Gasteiger partial charge in [0.05, 0.1) is 23.5 Å². The summed E-state index contributed by atoms with van der Waals surface area (Å²) >= 11 is 6.99. The number of benzene rings is 2. The van der Waals surface area contributed by atoms with Crippen molar-refractivity contribution in [3.8, 4) is 17.2 Å². The van der Waals surface area contributed by atoms with Gasteiger partial charge in [0.15, 0.2) is 0 Å². The standard InChI is InChI=1S/C17H13ClN4O5S/c1-26-14-7-4-11(18)8-13(14)19-15(23)9-28-17-21-20-16(27-17)10-2-5-12(6-3-10)22(24)25/h2-8H,9H2,1H3,(H,19,23). The zero-order chi connectivity index (χ0) is 20.1. The molecule has 28 heavy (non-hydrogen) atoms. The molecule has 1 aromatic heterocycles. The van der Waals surface area contributed by atoms with Gasteiger partial charge in [-0.25, -0.2) is 0 Å². The molecule has 3 rings (SSSR count). The van der Waals surface area contributed by atoms with Gasteiger partial charge in [-0.1, -0.05) is 23.4 Å². The Morgan fingerprint density at radius 3 is 2.71 bits per heavy atom. The molecule has 0 spiro atoms. The molecular weight excluding hydrogens is 408 g/mol. The molecule has 1 N–H and O–H groups in total. The van der Waals surface area contributed by atoms with E-state index < -0.39 is 4.92 Å². The van der Waals surface area contributed by atoms with Crippen LogP contribution < -0.4 is 10.1 Å². The van der Waals surface area contributed by atoms with Crippen molar-refractivity contribution in [1.29, 1.82) is 0 Å². The van der Waals surface area contributed by atoms with Crippen molar-refractivity contribution in [2.75, 3.05) is 18.2 Å². The lowest BCUT2D eigenvalue weighted by Crippen LogP contribution is -2.14. The second-order valence-electron chi connectivity index (χ2n) is 5.36. The van der Waals surface area contributed by atoms with Crippen LogP contribution in [-0.4, -0.2) is 33.9 Å². The monoisotopic (exact) mass is 420 g/mol. The largest absolute Gasteiger partial charge is 0.495 e. The van der Waals surface area contributed by atoms with Gasteiger partial charge in [0, 0.05) is 22.7 Å². The number of ether oxygens (including phenoxy) is 1. The number of amides is 1. The van der Waals surface area contributed by atoms with Crippen molar-refractivity contribution in [2.45, 2.75) is 5.22 Å². The first-order chi connectivity index (χ1) is 13.5. The molecule has 9 nitrogen and oxygen atoms in total. The normalized spacial score (nSPS) is 10.5. The zero-order valence-corrected chi connectivity index (χ0v) is 16.0. The van der Waals surface area contributed by atoms with E-state index in [4.69, 9.17) is 20.8 Å². The quantitative estimate of drug-likeness (QED) is 0.345. The van der Waals surface area contributed by atoms with E-state index in [2.05, 4.69) is 15.5 Å². The number of hydrogen-bond donors (Lipinski definition) is 1. The molecule has 0 saturated carbocycles. The van der Waals surface area contributed by atoms with Gasteiger partial charge >= 0.3 is 0 Å². The average molecular weight is 421 g/mol. The Bertz CT molecular complexity index is 1010. The number of carbonyl (C=O) groups is 1. The van der Waals surface area contributed by atoms with Crippen molar-refractivity contribution in [3.63, 3.8) is 0 Å². The number of rotatable bonds is 7. The number of thioether (sulfide) groups is 1. The van der Waals surface area contributed by atoms with Gasteiger partial charge in [-0.2, -0.15) is 0 Å². The number of non-ortho nitro benzene ring substituents is 1. The van der Waals surface area contributed by atoms with Crippen molar-refractivity contribution < 1.29 is 18.9 Å². The minimum absolute atomic E-state index is 0.0254. The Labute approximate surface area is 168 Å². The van der Waals surface area contributed by atoms with Crippen molar-refractivity contribution >= 4 is 40.6 Å². The summed E-state index contributed by atoms with van der Waals surface area (Å²) in [4.78, 5) is 22.4. The maximum atomic E-state index is 12.2. The fourth-order valence-electron chi connectivity index (χ4n) is 2.20. The summed E-state index contributed by atoms with van der Waals surface area (Å²) in [6.45, 7) is 0. The maximum Gasteiger partial charge on any atom is 0.277 e. The predicted molar refractivity (Wildman–Crippen MR) is 104 cm³/mol. The van der Waals surface area contributed by atoms with E-state index in [1.54, 1.807) is 18.2 Å². The predicted octanol–water partition coefficient (Wildman–Crippen LogP) is 4.04. The number of methoxy groups -OCH3 is 1. The van der Waals surface area contributed by atoms with Gasteiger partial charge in [0.25, 0.3) is 10.9 Å². The molecule has 2 aromatic carbocycles. The van der Waals surface area contributed by atoms with Crippen molar-refractivity contribution in [2.24, 2.45) is 0 Å². The summed E-state index contributed by atoms with van der Waals surface area (Å²) in [5, 5.41) is 21.8. The maximum absolute atomic E-state index is 12.2. The van der Waals surface area contributed by atoms with Gasteiger partial charge in [-0.15, -0.1) is 10.2 Å². The minimum atomic E-state index is -0.494. The van der Waals surface area contributed by atoms with Crippen molar-refractivity contribution in [3.05, 3.63) is 57.6 Å². The van der Waals surface area contributed by atoms with Crippen LogP contribution in [0.5, 0.6) is 5.75 Å². The minimum Gasteiger partial charge on any atom is -0.495 e. The molecule has 144 valence electrons. The molecule has 1 heterocycles. The van der Waals surface area contributed by atoms with Crippen LogP contribution in [0.4, 0.5) is 11.4 Å². The number of halogens is 1. The molecular formula is C17H13ClN4O5S. The SMILES string of the molecule is COc1ccc(Cl)cc1NC(=O)CSc1nnc(-c2ccc([N+](=O)[O-])cc2)o1. The zero-order valence-electron chi connectivity index (χ0n) is 14.4. The summed E-state index contributed by atoms with van der Waals surface area (Å²) in [7, 11) is 1.49. The van der Waals surface area contributed by atoms with E-state index in [9.17, 15) is 14.9 Å². The van der Waals surface area contributed by atoms with Crippen LogP contribution in [0.3, 0.4) is 0 Å². The third-order valence-electron chi connectivity index (χ3n) is 3.49. The van der Waals surface area contributed by atoms with E-state index in [0.29, 0.717) is 22.0 Å². The van der Waals surface area contributed by atoms with Crippen LogP contribution in [0.1, 0.15) is 0 Å². The third kappa shape index (κ3) is 4.78. The van der Waals surface area contributed by atoms with Gasteiger partial charge in [-0.3, -0.25) is 14.9 Å². The molecule has 0 aliphatic carbocycles. The average Bonchev–Trinajstić information content (AvgIpc) is 3.16. The summed E-state index contributed by atoms with van der Waals surface area (Å²) in [5.41, 5.74) is 0.960. The van der Waals surface area contributed by atoms with Crippen LogP contribution in [0.25, 0.3) is 11.5 Å². The van der Waals surface area contributed by atoms with Crippen LogP contribution in [0.15, 0.2) is 52.1 Å². The van der Waals surface area contributed by atoms with Gasteiger partial charge < -0.3 is 14.5 Å². The molecule has 0 unspecified atom stereocenters. The van der Waals surface area contributed by atoms with Crippen LogP contribution in [0, 0.1) is 10.1 Å². The summed E-state index contributed by atoms with van der Waals surface area (Å²) in [6.07, 6.45) is 0. The summed E-state index contributed by atoms with van der Waals surface area (Å²) in [6, 6.07) is 10.6. The smallest absolute Gasteiger partial charge is 0.277 e. The topological polar surface area (TPSA) is 120 Å². The highest BCUT2D eigenvalue weighted by Crippen LogP contribution is 2.28. The molecule has 0 bridgehead atoms. The Morgan fingerprint density at radius 2 is 2.04 bits per heavy atom. The first kappa shape index (κ1) is 19.6. The highest BCUT2D eigenvalue weighted by Gasteiger charge is 2.14. The molecule has 0 fully saturated rings. The van der Waals surface area contributed by atoms with E-state index >= 15 is 0 Å². The third-order valence-corrected chi connectivity index (χ3v) is 4.55. The second-order valence-corrected chi connectivity index (χ2v) is 6.72. The van der Waals surface area contributed by atoms with E-state index in [0.717, 1.165) is 11.8 Å². The number of hydrogen-bond acceptors (Lipinski definition) is 8. The molecule has 0 atom stereocenters. The number of nitrogens with one attached hydrogen (secondary N) is 1. The summed E-state index contributed by atoms with van der Waals surface area (Å²) in [5.74, 6) is 0.411. The van der Waals surface area contributed by atoms with Gasteiger partial charge in [0.2, 0.25) is 11.8 Å². The fourth-order valence-corrected chi connectivity index (χ4v) is 2.94. The van der Waals surface area contributed by atoms with Gasteiger partial charge in [0.1, 0.15) is 5.75 Å². The number of aromatic nitrogens is 2. The lowest BCUT2D eigenvalue weighted by atomic mass is 10.2.